The minimum Gasteiger partial charge on any atom is -0.376 e. The van der Waals surface area contributed by atoms with Crippen molar-refractivity contribution in [1.82, 2.24) is 15.3 Å². The normalized spacial score (nSPS) is 18.0. The van der Waals surface area contributed by atoms with Crippen LogP contribution in [0.15, 0.2) is 24.9 Å². The predicted octanol–water partition coefficient (Wildman–Crippen LogP) is 0.983. The van der Waals surface area contributed by atoms with E-state index in [9.17, 15) is 4.79 Å². The van der Waals surface area contributed by atoms with Gasteiger partial charge in [0.1, 0.15) is 5.69 Å². The molecule has 1 atom stereocenters. The number of hydrogen-bond acceptors (Lipinski definition) is 5. The van der Waals surface area contributed by atoms with Crippen molar-refractivity contribution < 1.29 is 9.53 Å². The van der Waals surface area contributed by atoms with Crippen molar-refractivity contribution in [3.8, 4) is 0 Å². The summed E-state index contributed by atoms with van der Waals surface area (Å²) < 4.78 is 5.45. The van der Waals surface area contributed by atoms with Crippen LogP contribution in [0.4, 0.5) is 5.95 Å². The third-order valence-electron chi connectivity index (χ3n) is 2.81. The Bertz CT molecular complexity index is 444. The molecule has 0 bridgehead atoms. The summed E-state index contributed by atoms with van der Waals surface area (Å²) in [6.07, 6.45) is 5.44. The van der Waals surface area contributed by atoms with Gasteiger partial charge in [0.15, 0.2) is 0 Å². The van der Waals surface area contributed by atoms with Gasteiger partial charge >= 0.3 is 0 Å². The minimum absolute atomic E-state index is 0.129. The molecule has 2 heterocycles. The zero-order valence-corrected chi connectivity index (χ0v) is 10.8. The Morgan fingerprint density at radius 3 is 3.26 bits per heavy atom. The minimum atomic E-state index is -0.209. The molecular formula is C13H18N4O2. The molecule has 6 heteroatoms. The SMILES string of the molecule is C=CCNc1nccc(C(=O)NCC2CCCO2)n1. The van der Waals surface area contributed by atoms with Gasteiger partial charge in [-0.3, -0.25) is 4.79 Å². The molecule has 1 aliphatic rings. The van der Waals surface area contributed by atoms with Gasteiger partial charge in [-0.25, -0.2) is 9.97 Å². The lowest BCUT2D eigenvalue weighted by atomic mass is 10.2. The van der Waals surface area contributed by atoms with Crippen LogP contribution in [0.25, 0.3) is 0 Å². The Kier molecular flexibility index (Phi) is 4.85. The second kappa shape index (κ2) is 6.84. The molecule has 2 N–H and O–H groups in total. The van der Waals surface area contributed by atoms with Crippen molar-refractivity contribution in [2.45, 2.75) is 18.9 Å². The summed E-state index contributed by atoms with van der Waals surface area (Å²) in [5.41, 5.74) is 0.347. The average Bonchev–Trinajstić information content (AvgIpc) is 2.96. The lowest BCUT2D eigenvalue weighted by molar-refractivity contribution is 0.0853. The van der Waals surface area contributed by atoms with Crippen LogP contribution in [0.3, 0.4) is 0 Å². The zero-order chi connectivity index (χ0) is 13.5. The van der Waals surface area contributed by atoms with E-state index in [0.717, 1.165) is 19.4 Å². The Morgan fingerprint density at radius 1 is 1.63 bits per heavy atom. The summed E-state index contributed by atoms with van der Waals surface area (Å²) >= 11 is 0. The topological polar surface area (TPSA) is 76.1 Å². The van der Waals surface area contributed by atoms with Crippen molar-refractivity contribution in [3.63, 3.8) is 0 Å². The van der Waals surface area contributed by atoms with Crippen molar-refractivity contribution in [2.75, 3.05) is 25.0 Å². The summed E-state index contributed by atoms with van der Waals surface area (Å²) in [5, 5.41) is 5.76. The van der Waals surface area contributed by atoms with Crippen LogP contribution in [0, 0.1) is 0 Å². The Morgan fingerprint density at radius 2 is 2.53 bits per heavy atom. The van der Waals surface area contributed by atoms with Gasteiger partial charge in [-0.2, -0.15) is 0 Å². The molecule has 1 aliphatic heterocycles. The molecule has 1 saturated heterocycles. The number of ether oxygens (including phenoxy) is 1. The number of nitrogens with one attached hydrogen (secondary N) is 2. The highest BCUT2D eigenvalue weighted by atomic mass is 16.5. The third-order valence-corrected chi connectivity index (χ3v) is 2.81. The molecule has 0 aromatic carbocycles. The fourth-order valence-electron chi connectivity index (χ4n) is 1.84. The molecule has 6 nitrogen and oxygen atoms in total. The predicted molar refractivity (Wildman–Crippen MR) is 72.0 cm³/mol. The number of carbonyl (C=O) groups excluding carboxylic acids is 1. The summed E-state index contributed by atoms with van der Waals surface area (Å²) in [6.45, 7) is 5.46. The van der Waals surface area contributed by atoms with Gasteiger partial charge in [0.05, 0.1) is 6.10 Å². The maximum Gasteiger partial charge on any atom is 0.270 e. The number of amides is 1. The van der Waals surface area contributed by atoms with Gasteiger partial charge in [-0.05, 0) is 18.9 Å². The van der Waals surface area contributed by atoms with Crippen molar-refractivity contribution in [2.24, 2.45) is 0 Å². The van der Waals surface area contributed by atoms with Crippen molar-refractivity contribution >= 4 is 11.9 Å². The molecule has 1 unspecified atom stereocenters. The summed E-state index contributed by atoms with van der Waals surface area (Å²) in [5.74, 6) is 0.212. The van der Waals surface area contributed by atoms with Crippen LogP contribution in [-0.4, -0.2) is 41.7 Å². The molecule has 1 fully saturated rings. The van der Waals surface area contributed by atoms with E-state index in [1.165, 1.54) is 0 Å². The monoisotopic (exact) mass is 262 g/mol. The highest BCUT2D eigenvalue weighted by Crippen LogP contribution is 2.10. The molecule has 0 saturated carbocycles. The van der Waals surface area contributed by atoms with Gasteiger partial charge in [-0.15, -0.1) is 6.58 Å². The van der Waals surface area contributed by atoms with Gasteiger partial charge in [0, 0.05) is 25.9 Å². The molecule has 0 radical (unpaired) electrons. The first kappa shape index (κ1) is 13.5. The number of aromatic nitrogens is 2. The molecule has 2 rings (SSSR count). The fourth-order valence-corrected chi connectivity index (χ4v) is 1.84. The van der Waals surface area contributed by atoms with E-state index in [1.807, 2.05) is 0 Å². The molecule has 102 valence electrons. The molecule has 19 heavy (non-hydrogen) atoms. The number of anilines is 1. The number of hydrogen-bond donors (Lipinski definition) is 2. The Balaban J connectivity index is 1.88. The standard InChI is InChI=1S/C13H18N4O2/c1-2-6-14-13-15-7-5-11(17-13)12(18)16-9-10-4-3-8-19-10/h2,5,7,10H,1,3-4,6,8-9H2,(H,16,18)(H,14,15,17). The molecule has 1 aromatic heterocycles. The lowest BCUT2D eigenvalue weighted by Crippen LogP contribution is -2.32. The maximum atomic E-state index is 11.9. The average molecular weight is 262 g/mol. The molecule has 1 aromatic rings. The second-order valence-corrected chi connectivity index (χ2v) is 4.28. The smallest absolute Gasteiger partial charge is 0.270 e. The second-order valence-electron chi connectivity index (χ2n) is 4.28. The number of rotatable bonds is 6. The summed E-state index contributed by atoms with van der Waals surface area (Å²) in [6, 6.07) is 1.59. The molecule has 0 spiro atoms. The van der Waals surface area contributed by atoms with Crippen LogP contribution in [0.5, 0.6) is 0 Å². The first-order chi connectivity index (χ1) is 9.29. The fraction of sp³-hybridized carbons (Fsp3) is 0.462. The largest absolute Gasteiger partial charge is 0.376 e. The highest BCUT2D eigenvalue weighted by molar-refractivity contribution is 5.92. The quantitative estimate of drug-likeness (QED) is 0.747. The first-order valence-corrected chi connectivity index (χ1v) is 6.37. The first-order valence-electron chi connectivity index (χ1n) is 6.37. The molecule has 0 aliphatic carbocycles. The zero-order valence-electron chi connectivity index (χ0n) is 10.8. The van der Waals surface area contributed by atoms with E-state index < -0.39 is 0 Å². The van der Waals surface area contributed by atoms with Crippen LogP contribution < -0.4 is 10.6 Å². The maximum absolute atomic E-state index is 11.9. The van der Waals surface area contributed by atoms with E-state index in [-0.39, 0.29) is 12.0 Å². The third kappa shape index (κ3) is 4.03. The van der Waals surface area contributed by atoms with Crippen LogP contribution in [-0.2, 0) is 4.74 Å². The van der Waals surface area contributed by atoms with Gasteiger partial charge in [0.2, 0.25) is 5.95 Å². The number of carbonyl (C=O) groups is 1. The van der Waals surface area contributed by atoms with E-state index in [2.05, 4.69) is 27.2 Å². The van der Waals surface area contributed by atoms with E-state index in [0.29, 0.717) is 24.7 Å². The van der Waals surface area contributed by atoms with Crippen LogP contribution in [0.1, 0.15) is 23.3 Å². The van der Waals surface area contributed by atoms with Crippen LogP contribution in [0.2, 0.25) is 0 Å². The van der Waals surface area contributed by atoms with Crippen molar-refractivity contribution in [3.05, 3.63) is 30.6 Å². The van der Waals surface area contributed by atoms with Gasteiger partial charge in [0.25, 0.3) is 5.91 Å². The van der Waals surface area contributed by atoms with E-state index in [4.69, 9.17) is 4.74 Å². The lowest BCUT2D eigenvalue weighted by Gasteiger charge is -2.10. The van der Waals surface area contributed by atoms with E-state index >= 15 is 0 Å². The van der Waals surface area contributed by atoms with Crippen molar-refractivity contribution in [1.29, 1.82) is 0 Å². The summed E-state index contributed by atoms with van der Waals surface area (Å²) in [7, 11) is 0. The van der Waals surface area contributed by atoms with Gasteiger partial charge < -0.3 is 15.4 Å². The Hall–Kier alpha value is -1.95. The summed E-state index contributed by atoms with van der Waals surface area (Å²) in [4.78, 5) is 20.1. The van der Waals surface area contributed by atoms with Gasteiger partial charge in [-0.1, -0.05) is 6.08 Å². The highest BCUT2D eigenvalue weighted by Gasteiger charge is 2.17. The van der Waals surface area contributed by atoms with E-state index in [1.54, 1.807) is 18.3 Å². The Labute approximate surface area is 112 Å². The molecular weight excluding hydrogens is 244 g/mol. The molecule has 1 amide bonds. The number of nitrogens with zero attached hydrogens (tertiary/aromatic N) is 2. The van der Waals surface area contributed by atoms with Crippen LogP contribution >= 0.6 is 0 Å².